The van der Waals surface area contributed by atoms with Gasteiger partial charge in [0.15, 0.2) is 0 Å². The Kier molecular flexibility index (Phi) is 2.54. The van der Waals surface area contributed by atoms with E-state index in [1.165, 1.54) is 5.56 Å². The maximum Gasteiger partial charge on any atom is 0.0928 e. The summed E-state index contributed by atoms with van der Waals surface area (Å²) in [6, 6.07) is 4.01. The van der Waals surface area contributed by atoms with E-state index < -0.39 is 0 Å². The lowest BCUT2D eigenvalue weighted by atomic mass is 10.3. The van der Waals surface area contributed by atoms with Crippen LogP contribution in [0.15, 0.2) is 24.5 Å². The topological polar surface area (TPSA) is 24.9 Å². The first-order chi connectivity index (χ1) is 5.86. The second kappa shape index (κ2) is 3.64. The van der Waals surface area contributed by atoms with Crippen LogP contribution in [0.25, 0.3) is 0 Å². The van der Waals surface area contributed by atoms with Gasteiger partial charge in [0.05, 0.1) is 10.9 Å². The van der Waals surface area contributed by atoms with Gasteiger partial charge < -0.3 is 0 Å². The second-order valence-corrected chi connectivity index (χ2v) is 4.30. The molecule has 1 N–H and O–H groups in total. The molecular formula is C8H9ClN2S. The highest BCUT2D eigenvalue weighted by molar-refractivity contribution is 7.99. The molecule has 1 aromatic heterocycles. The molecule has 1 saturated heterocycles. The lowest BCUT2D eigenvalue weighted by Crippen LogP contribution is -2.19. The van der Waals surface area contributed by atoms with Crippen LogP contribution in [0.3, 0.4) is 0 Å². The van der Waals surface area contributed by atoms with Gasteiger partial charge in [0.2, 0.25) is 0 Å². The number of halogens is 1. The third kappa shape index (κ3) is 1.73. The Bertz CT molecular complexity index is 254. The highest BCUT2D eigenvalue weighted by Gasteiger charge is 2.23. The summed E-state index contributed by atoms with van der Waals surface area (Å²) in [5.41, 5.74) is 1.30. The molecule has 0 bridgehead atoms. The molecule has 2 heterocycles. The standard InChI is InChI=1S/C8H9ClN2S/c9-7-5-12-8(11-7)6-2-1-3-10-4-6/h1-4,7-8,11H,5H2. The first kappa shape index (κ1) is 8.35. The summed E-state index contributed by atoms with van der Waals surface area (Å²) >= 11 is 7.72. The summed E-state index contributed by atoms with van der Waals surface area (Å²) in [7, 11) is 0. The molecule has 0 spiro atoms. The number of alkyl halides is 1. The van der Waals surface area contributed by atoms with Crippen LogP contribution in [0.5, 0.6) is 0 Å². The van der Waals surface area contributed by atoms with Crippen molar-refractivity contribution in [3.05, 3.63) is 30.1 Å². The largest absolute Gasteiger partial charge is 0.285 e. The summed E-state index contributed by atoms with van der Waals surface area (Å²) in [5.74, 6) is 0.959. The zero-order valence-corrected chi connectivity index (χ0v) is 7.98. The van der Waals surface area contributed by atoms with Gasteiger partial charge in [-0.15, -0.1) is 23.4 Å². The van der Waals surface area contributed by atoms with Crippen molar-refractivity contribution in [3.63, 3.8) is 0 Å². The molecule has 1 aromatic rings. The van der Waals surface area contributed by atoms with Gasteiger partial charge in [-0.25, -0.2) is 0 Å². The van der Waals surface area contributed by atoms with Crippen molar-refractivity contribution in [2.75, 3.05) is 5.75 Å². The number of hydrogen-bond donors (Lipinski definition) is 1. The number of aromatic nitrogens is 1. The number of nitrogens with one attached hydrogen (secondary N) is 1. The van der Waals surface area contributed by atoms with Crippen LogP contribution in [0.1, 0.15) is 10.9 Å². The molecule has 1 aliphatic rings. The minimum atomic E-state index is 0.0974. The van der Waals surface area contributed by atoms with Gasteiger partial charge in [-0.05, 0) is 11.6 Å². The van der Waals surface area contributed by atoms with Crippen molar-refractivity contribution < 1.29 is 0 Å². The second-order valence-electron chi connectivity index (χ2n) is 2.63. The van der Waals surface area contributed by atoms with E-state index in [1.807, 2.05) is 24.0 Å². The van der Waals surface area contributed by atoms with Crippen LogP contribution in [-0.2, 0) is 0 Å². The molecule has 1 fully saturated rings. The monoisotopic (exact) mass is 200 g/mol. The van der Waals surface area contributed by atoms with Crippen LogP contribution in [0.4, 0.5) is 0 Å². The molecule has 2 nitrogen and oxygen atoms in total. The molecular weight excluding hydrogens is 192 g/mol. The maximum atomic E-state index is 5.90. The smallest absolute Gasteiger partial charge is 0.0928 e. The molecule has 12 heavy (non-hydrogen) atoms. The first-order valence-electron chi connectivity index (χ1n) is 3.78. The van der Waals surface area contributed by atoms with Crippen LogP contribution in [0, 0.1) is 0 Å². The predicted octanol–water partition coefficient (Wildman–Crippen LogP) is 1.98. The maximum absolute atomic E-state index is 5.90. The molecule has 2 atom stereocenters. The number of nitrogens with zero attached hydrogens (tertiary/aromatic N) is 1. The van der Waals surface area contributed by atoms with Crippen molar-refractivity contribution in [1.29, 1.82) is 0 Å². The van der Waals surface area contributed by atoms with Crippen molar-refractivity contribution >= 4 is 23.4 Å². The van der Waals surface area contributed by atoms with Crippen LogP contribution < -0.4 is 5.32 Å². The van der Waals surface area contributed by atoms with Crippen molar-refractivity contribution in [2.24, 2.45) is 0 Å². The highest BCUT2D eigenvalue weighted by Crippen LogP contribution is 2.32. The molecule has 0 aliphatic carbocycles. The molecule has 1 aliphatic heterocycles. The van der Waals surface area contributed by atoms with Crippen molar-refractivity contribution in [2.45, 2.75) is 10.9 Å². The Morgan fingerprint density at radius 1 is 1.67 bits per heavy atom. The van der Waals surface area contributed by atoms with E-state index >= 15 is 0 Å². The lowest BCUT2D eigenvalue weighted by molar-refractivity contribution is 0.705. The molecule has 0 aromatic carbocycles. The third-order valence-corrected chi connectivity index (χ3v) is 3.46. The quantitative estimate of drug-likeness (QED) is 0.555. The number of thioether (sulfide) groups is 1. The van der Waals surface area contributed by atoms with E-state index in [-0.39, 0.29) is 5.50 Å². The van der Waals surface area contributed by atoms with Gasteiger partial charge in [0.25, 0.3) is 0 Å². The van der Waals surface area contributed by atoms with E-state index in [4.69, 9.17) is 11.6 Å². The predicted molar refractivity (Wildman–Crippen MR) is 52.2 cm³/mol. The van der Waals surface area contributed by atoms with Gasteiger partial charge in [-0.1, -0.05) is 6.07 Å². The molecule has 64 valence electrons. The van der Waals surface area contributed by atoms with Gasteiger partial charge >= 0.3 is 0 Å². The molecule has 2 rings (SSSR count). The Hall–Kier alpha value is -0.250. The van der Waals surface area contributed by atoms with E-state index in [1.54, 1.807) is 6.20 Å². The number of hydrogen-bond acceptors (Lipinski definition) is 3. The van der Waals surface area contributed by atoms with Gasteiger partial charge in [0.1, 0.15) is 0 Å². The molecule has 0 radical (unpaired) electrons. The molecule has 0 saturated carbocycles. The van der Waals surface area contributed by atoms with Crippen LogP contribution in [0.2, 0.25) is 0 Å². The lowest BCUT2D eigenvalue weighted by Gasteiger charge is -2.08. The third-order valence-electron chi connectivity index (χ3n) is 1.73. The molecule has 4 heteroatoms. The minimum absolute atomic E-state index is 0.0974. The van der Waals surface area contributed by atoms with Crippen molar-refractivity contribution in [1.82, 2.24) is 10.3 Å². The van der Waals surface area contributed by atoms with Gasteiger partial charge in [-0.2, -0.15) is 0 Å². The number of pyridine rings is 1. The minimum Gasteiger partial charge on any atom is -0.285 e. The zero-order valence-electron chi connectivity index (χ0n) is 6.40. The van der Waals surface area contributed by atoms with E-state index in [0.717, 1.165) is 5.75 Å². The van der Waals surface area contributed by atoms with Gasteiger partial charge in [0, 0.05) is 18.1 Å². The fourth-order valence-corrected chi connectivity index (χ4v) is 2.63. The molecule has 2 unspecified atom stereocenters. The SMILES string of the molecule is ClC1CSC(c2cccnc2)N1. The summed E-state index contributed by atoms with van der Waals surface area (Å²) < 4.78 is 0. The normalized spacial score (nSPS) is 29.1. The average molecular weight is 201 g/mol. The fraction of sp³-hybridized carbons (Fsp3) is 0.375. The van der Waals surface area contributed by atoms with Crippen LogP contribution in [-0.4, -0.2) is 16.2 Å². The summed E-state index contributed by atoms with van der Waals surface area (Å²) in [6.07, 6.45) is 3.65. The highest BCUT2D eigenvalue weighted by atomic mass is 35.5. The fourth-order valence-electron chi connectivity index (χ4n) is 1.16. The summed E-state index contributed by atoms with van der Waals surface area (Å²) in [4.78, 5) is 4.06. The zero-order chi connectivity index (χ0) is 8.39. The van der Waals surface area contributed by atoms with Crippen LogP contribution >= 0.6 is 23.4 Å². The Labute approximate surface area is 80.7 Å². The first-order valence-corrected chi connectivity index (χ1v) is 5.26. The number of rotatable bonds is 1. The van der Waals surface area contributed by atoms with E-state index in [9.17, 15) is 0 Å². The Morgan fingerprint density at radius 2 is 2.58 bits per heavy atom. The Morgan fingerprint density at radius 3 is 3.17 bits per heavy atom. The Balaban J connectivity index is 2.11. The average Bonchev–Trinajstić information content (AvgIpc) is 2.54. The van der Waals surface area contributed by atoms with Gasteiger partial charge in [-0.3, -0.25) is 10.3 Å². The summed E-state index contributed by atoms with van der Waals surface area (Å²) in [5, 5.41) is 3.58. The summed E-state index contributed by atoms with van der Waals surface area (Å²) in [6.45, 7) is 0. The molecule has 0 amide bonds. The van der Waals surface area contributed by atoms with E-state index in [2.05, 4.69) is 16.4 Å². The van der Waals surface area contributed by atoms with Crippen molar-refractivity contribution in [3.8, 4) is 0 Å². The van der Waals surface area contributed by atoms with E-state index in [0.29, 0.717) is 5.37 Å².